The van der Waals surface area contributed by atoms with Gasteiger partial charge in [-0.15, -0.1) is 0 Å². The molecule has 0 aromatic carbocycles. The second-order valence-corrected chi connectivity index (χ2v) is 5.21. The lowest BCUT2D eigenvalue weighted by atomic mass is 9.87. The monoisotopic (exact) mass is 260 g/mol. The second kappa shape index (κ2) is 4.22. The van der Waals surface area contributed by atoms with Crippen LogP contribution in [0.3, 0.4) is 0 Å². The third kappa shape index (κ3) is 1.93. The number of nitrogens with zero attached hydrogens (tertiary/aromatic N) is 4. The quantitative estimate of drug-likeness (QED) is 0.897. The van der Waals surface area contributed by atoms with E-state index in [1.807, 2.05) is 13.0 Å². The molecule has 0 saturated carbocycles. The van der Waals surface area contributed by atoms with Crippen LogP contribution in [0, 0.1) is 18.8 Å². The molecular weight excluding hydrogens is 244 g/mol. The van der Waals surface area contributed by atoms with Gasteiger partial charge in [0.05, 0.1) is 5.92 Å². The predicted octanol–water partition coefficient (Wildman–Crippen LogP) is 1.19. The van der Waals surface area contributed by atoms with Crippen LogP contribution in [0.2, 0.25) is 0 Å². The molecule has 0 bridgehead atoms. The largest absolute Gasteiger partial charge is 0.481 e. The zero-order valence-electron chi connectivity index (χ0n) is 10.9. The van der Waals surface area contributed by atoms with E-state index >= 15 is 0 Å². The molecule has 3 heterocycles. The maximum Gasteiger partial charge on any atom is 0.306 e. The van der Waals surface area contributed by atoms with Gasteiger partial charge in [-0.05, 0) is 24.6 Å². The van der Waals surface area contributed by atoms with Gasteiger partial charge in [0, 0.05) is 19.0 Å². The Bertz CT molecular complexity index is 631. The van der Waals surface area contributed by atoms with Gasteiger partial charge in [-0.3, -0.25) is 4.79 Å². The molecule has 6 nitrogen and oxygen atoms in total. The third-order valence-corrected chi connectivity index (χ3v) is 3.84. The van der Waals surface area contributed by atoms with Gasteiger partial charge in [0.25, 0.3) is 0 Å². The molecule has 2 aromatic rings. The number of pyridine rings is 1. The number of carbonyl (C=O) groups is 1. The van der Waals surface area contributed by atoms with Crippen molar-refractivity contribution in [1.82, 2.24) is 14.6 Å². The van der Waals surface area contributed by atoms with Gasteiger partial charge in [0.2, 0.25) is 0 Å². The van der Waals surface area contributed by atoms with Crippen LogP contribution in [0.25, 0.3) is 5.65 Å². The minimum absolute atomic E-state index is 0.205. The maximum absolute atomic E-state index is 11.0. The van der Waals surface area contributed by atoms with E-state index in [-0.39, 0.29) is 11.8 Å². The Morgan fingerprint density at radius 1 is 1.47 bits per heavy atom. The molecule has 0 radical (unpaired) electrons. The van der Waals surface area contributed by atoms with Crippen molar-refractivity contribution < 1.29 is 9.90 Å². The SMILES string of the molecule is Cc1cc(N2CC(C(C)C(=O)O)C2)n2ncnc2c1. The minimum atomic E-state index is -0.722. The molecule has 0 amide bonds. The van der Waals surface area contributed by atoms with Crippen molar-refractivity contribution in [2.24, 2.45) is 11.8 Å². The van der Waals surface area contributed by atoms with E-state index in [2.05, 4.69) is 21.0 Å². The molecule has 0 aliphatic carbocycles. The fraction of sp³-hybridized carbons (Fsp3) is 0.462. The highest BCUT2D eigenvalue weighted by molar-refractivity contribution is 5.70. The van der Waals surface area contributed by atoms with Crippen LogP contribution in [-0.4, -0.2) is 38.8 Å². The second-order valence-electron chi connectivity index (χ2n) is 5.21. The summed E-state index contributed by atoms with van der Waals surface area (Å²) in [4.78, 5) is 17.3. The molecule has 1 aliphatic rings. The molecule has 3 rings (SSSR count). The third-order valence-electron chi connectivity index (χ3n) is 3.84. The molecular formula is C13H16N4O2. The number of aryl methyl sites for hydroxylation is 1. The molecule has 0 spiro atoms. The Morgan fingerprint density at radius 3 is 2.89 bits per heavy atom. The fourth-order valence-electron chi connectivity index (χ4n) is 2.48. The van der Waals surface area contributed by atoms with Crippen molar-refractivity contribution in [1.29, 1.82) is 0 Å². The first-order chi connectivity index (χ1) is 9.06. The van der Waals surface area contributed by atoms with Crippen LogP contribution < -0.4 is 4.90 Å². The van der Waals surface area contributed by atoms with E-state index in [4.69, 9.17) is 5.11 Å². The van der Waals surface area contributed by atoms with Crippen molar-refractivity contribution in [3.8, 4) is 0 Å². The van der Waals surface area contributed by atoms with Crippen LogP contribution >= 0.6 is 0 Å². The van der Waals surface area contributed by atoms with E-state index in [1.54, 1.807) is 11.4 Å². The smallest absolute Gasteiger partial charge is 0.306 e. The average molecular weight is 260 g/mol. The summed E-state index contributed by atoms with van der Waals surface area (Å²) in [5.74, 6) is 0.171. The normalized spacial score (nSPS) is 17.5. The highest BCUT2D eigenvalue weighted by Crippen LogP contribution is 2.30. The summed E-state index contributed by atoms with van der Waals surface area (Å²) in [6, 6.07) is 4.04. The summed E-state index contributed by atoms with van der Waals surface area (Å²) in [5.41, 5.74) is 1.95. The molecule has 2 aromatic heterocycles. The van der Waals surface area contributed by atoms with E-state index in [1.165, 1.54) is 6.33 Å². The van der Waals surface area contributed by atoms with Gasteiger partial charge in [-0.25, -0.2) is 4.98 Å². The first-order valence-electron chi connectivity index (χ1n) is 6.34. The topological polar surface area (TPSA) is 70.7 Å². The number of hydrogen-bond acceptors (Lipinski definition) is 4. The highest BCUT2D eigenvalue weighted by Gasteiger charge is 2.35. The first-order valence-corrected chi connectivity index (χ1v) is 6.34. The van der Waals surface area contributed by atoms with Crippen molar-refractivity contribution in [2.45, 2.75) is 13.8 Å². The number of anilines is 1. The van der Waals surface area contributed by atoms with Gasteiger partial charge in [0.1, 0.15) is 12.1 Å². The van der Waals surface area contributed by atoms with Crippen molar-refractivity contribution in [2.75, 3.05) is 18.0 Å². The van der Waals surface area contributed by atoms with Crippen LogP contribution in [0.5, 0.6) is 0 Å². The number of rotatable bonds is 3. The Morgan fingerprint density at radius 2 is 2.21 bits per heavy atom. The van der Waals surface area contributed by atoms with Crippen molar-refractivity contribution in [3.63, 3.8) is 0 Å². The fourth-order valence-corrected chi connectivity index (χ4v) is 2.48. The number of aliphatic carboxylic acids is 1. The predicted molar refractivity (Wildman–Crippen MR) is 70.2 cm³/mol. The minimum Gasteiger partial charge on any atom is -0.481 e. The van der Waals surface area contributed by atoms with Crippen LogP contribution in [0.4, 0.5) is 5.82 Å². The van der Waals surface area contributed by atoms with Gasteiger partial charge >= 0.3 is 5.97 Å². The lowest BCUT2D eigenvalue weighted by Gasteiger charge is -2.42. The Labute approximate surface area is 110 Å². The summed E-state index contributed by atoms with van der Waals surface area (Å²) in [7, 11) is 0. The van der Waals surface area contributed by atoms with E-state index in [9.17, 15) is 4.79 Å². The summed E-state index contributed by atoms with van der Waals surface area (Å²) in [6.45, 7) is 5.30. The Balaban J connectivity index is 1.84. The molecule has 1 saturated heterocycles. The lowest BCUT2D eigenvalue weighted by Crippen LogP contribution is -2.51. The van der Waals surface area contributed by atoms with E-state index in [0.29, 0.717) is 0 Å². The molecule has 1 fully saturated rings. The van der Waals surface area contributed by atoms with Crippen molar-refractivity contribution >= 4 is 17.4 Å². The summed E-state index contributed by atoms with van der Waals surface area (Å²) >= 11 is 0. The summed E-state index contributed by atoms with van der Waals surface area (Å²) in [5, 5.41) is 13.2. The number of hydrogen-bond donors (Lipinski definition) is 1. The first kappa shape index (κ1) is 12.0. The van der Waals surface area contributed by atoms with Crippen LogP contribution in [0.1, 0.15) is 12.5 Å². The molecule has 19 heavy (non-hydrogen) atoms. The lowest BCUT2D eigenvalue weighted by molar-refractivity contribution is -0.143. The van der Waals surface area contributed by atoms with Gasteiger partial charge in [0.15, 0.2) is 5.65 Å². The zero-order valence-corrected chi connectivity index (χ0v) is 10.9. The molecule has 1 N–H and O–H groups in total. The average Bonchev–Trinajstić information content (AvgIpc) is 2.74. The van der Waals surface area contributed by atoms with E-state index < -0.39 is 5.97 Å². The van der Waals surface area contributed by atoms with Gasteiger partial charge in [-0.1, -0.05) is 6.92 Å². The number of aromatic nitrogens is 3. The maximum atomic E-state index is 11.0. The highest BCUT2D eigenvalue weighted by atomic mass is 16.4. The van der Waals surface area contributed by atoms with E-state index in [0.717, 1.165) is 30.1 Å². The standard InChI is InChI=1S/C13H16N4O2/c1-8-3-11-14-7-15-17(11)12(4-8)16-5-10(6-16)9(2)13(18)19/h3-4,7,9-10H,5-6H2,1-2H3,(H,18,19). The van der Waals surface area contributed by atoms with Crippen molar-refractivity contribution in [3.05, 3.63) is 24.0 Å². The van der Waals surface area contributed by atoms with Crippen LogP contribution in [0.15, 0.2) is 18.5 Å². The summed E-state index contributed by atoms with van der Waals surface area (Å²) in [6.07, 6.45) is 1.54. The molecule has 1 atom stereocenters. The molecule has 1 aliphatic heterocycles. The summed E-state index contributed by atoms with van der Waals surface area (Å²) < 4.78 is 1.80. The Kier molecular flexibility index (Phi) is 2.66. The number of carboxylic acid groups (broad SMARTS) is 1. The van der Waals surface area contributed by atoms with Gasteiger partial charge < -0.3 is 10.0 Å². The zero-order chi connectivity index (χ0) is 13.6. The molecule has 100 valence electrons. The number of carboxylic acids is 1. The molecule has 1 unspecified atom stereocenters. The van der Waals surface area contributed by atoms with Gasteiger partial charge in [-0.2, -0.15) is 9.61 Å². The van der Waals surface area contributed by atoms with Crippen LogP contribution in [-0.2, 0) is 4.79 Å². The molecule has 6 heteroatoms. The Hall–Kier alpha value is -2.11. The number of fused-ring (bicyclic) bond motifs is 1.